The SMILES string of the molecule is COCCC(NN)c1cnccn1. The van der Waals surface area contributed by atoms with E-state index >= 15 is 0 Å². The van der Waals surface area contributed by atoms with Gasteiger partial charge in [0.1, 0.15) is 0 Å². The Morgan fingerprint density at radius 3 is 3.00 bits per heavy atom. The van der Waals surface area contributed by atoms with E-state index in [2.05, 4.69) is 15.4 Å². The van der Waals surface area contributed by atoms with Crippen LogP contribution in [-0.2, 0) is 4.74 Å². The van der Waals surface area contributed by atoms with Gasteiger partial charge in [0.15, 0.2) is 0 Å². The van der Waals surface area contributed by atoms with E-state index in [1.807, 2.05) is 0 Å². The molecule has 0 saturated heterocycles. The van der Waals surface area contributed by atoms with Crippen LogP contribution in [-0.4, -0.2) is 23.7 Å². The summed E-state index contributed by atoms with van der Waals surface area (Å²) in [6.45, 7) is 0.644. The van der Waals surface area contributed by atoms with Crippen LogP contribution in [0.2, 0.25) is 0 Å². The van der Waals surface area contributed by atoms with Gasteiger partial charge < -0.3 is 4.74 Å². The molecule has 5 heteroatoms. The zero-order valence-corrected chi connectivity index (χ0v) is 7.60. The van der Waals surface area contributed by atoms with Gasteiger partial charge in [0.2, 0.25) is 0 Å². The Balaban J connectivity index is 2.56. The topological polar surface area (TPSA) is 73.1 Å². The Labute approximate surface area is 77.3 Å². The number of nitrogens with two attached hydrogens (primary N) is 1. The van der Waals surface area contributed by atoms with E-state index in [4.69, 9.17) is 10.6 Å². The van der Waals surface area contributed by atoms with Crippen LogP contribution in [0.3, 0.4) is 0 Å². The standard InChI is InChI=1S/C8H14N4O/c1-13-5-2-7(12-9)8-6-10-3-4-11-8/h3-4,6-7,12H,2,5,9H2,1H3. The zero-order chi connectivity index (χ0) is 9.52. The zero-order valence-electron chi connectivity index (χ0n) is 7.60. The van der Waals surface area contributed by atoms with Crippen LogP contribution >= 0.6 is 0 Å². The van der Waals surface area contributed by atoms with Gasteiger partial charge in [-0.3, -0.25) is 21.2 Å². The second-order valence-electron chi connectivity index (χ2n) is 2.63. The highest BCUT2D eigenvalue weighted by molar-refractivity contribution is 5.01. The molecular weight excluding hydrogens is 168 g/mol. The molecule has 1 heterocycles. The number of nitrogens with one attached hydrogen (secondary N) is 1. The molecule has 1 aromatic heterocycles. The molecule has 1 unspecified atom stereocenters. The van der Waals surface area contributed by atoms with Crippen LogP contribution in [0.25, 0.3) is 0 Å². The van der Waals surface area contributed by atoms with Gasteiger partial charge in [-0.2, -0.15) is 0 Å². The van der Waals surface area contributed by atoms with Crippen molar-refractivity contribution in [2.24, 2.45) is 5.84 Å². The highest BCUT2D eigenvalue weighted by atomic mass is 16.5. The lowest BCUT2D eigenvalue weighted by Gasteiger charge is -2.13. The summed E-state index contributed by atoms with van der Waals surface area (Å²) in [7, 11) is 1.66. The van der Waals surface area contributed by atoms with Crippen molar-refractivity contribution in [1.82, 2.24) is 15.4 Å². The van der Waals surface area contributed by atoms with Crippen LogP contribution in [0, 0.1) is 0 Å². The van der Waals surface area contributed by atoms with Crippen molar-refractivity contribution in [1.29, 1.82) is 0 Å². The number of hydrazine groups is 1. The molecular formula is C8H14N4O. The van der Waals surface area contributed by atoms with E-state index in [1.165, 1.54) is 0 Å². The Morgan fingerprint density at radius 2 is 2.46 bits per heavy atom. The van der Waals surface area contributed by atoms with Gasteiger partial charge >= 0.3 is 0 Å². The maximum absolute atomic E-state index is 5.37. The summed E-state index contributed by atoms with van der Waals surface area (Å²) in [5.74, 6) is 5.37. The van der Waals surface area contributed by atoms with Crippen LogP contribution < -0.4 is 11.3 Å². The molecule has 0 aromatic carbocycles. The largest absolute Gasteiger partial charge is 0.385 e. The Hall–Kier alpha value is -1.04. The predicted molar refractivity (Wildman–Crippen MR) is 48.6 cm³/mol. The van der Waals surface area contributed by atoms with E-state index in [1.54, 1.807) is 25.7 Å². The molecule has 1 rings (SSSR count). The van der Waals surface area contributed by atoms with Gasteiger partial charge in [0.05, 0.1) is 17.9 Å². The normalized spacial score (nSPS) is 12.8. The van der Waals surface area contributed by atoms with Crippen molar-refractivity contribution in [3.63, 3.8) is 0 Å². The second kappa shape index (κ2) is 5.58. The minimum atomic E-state index is 0.00801. The number of aromatic nitrogens is 2. The van der Waals surface area contributed by atoms with Gasteiger partial charge in [0.25, 0.3) is 0 Å². The quantitative estimate of drug-likeness (QED) is 0.496. The van der Waals surface area contributed by atoms with Gasteiger partial charge in [-0.05, 0) is 6.42 Å². The molecule has 13 heavy (non-hydrogen) atoms. The molecule has 0 radical (unpaired) electrons. The highest BCUT2D eigenvalue weighted by Gasteiger charge is 2.09. The average molecular weight is 182 g/mol. The van der Waals surface area contributed by atoms with Crippen molar-refractivity contribution in [3.05, 3.63) is 24.3 Å². The van der Waals surface area contributed by atoms with Crippen molar-refractivity contribution < 1.29 is 4.74 Å². The lowest BCUT2D eigenvalue weighted by molar-refractivity contribution is 0.182. The van der Waals surface area contributed by atoms with Crippen molar-refractivity contribution in [2.75, 3.05) is 13.7 Å². The summed E-state index contributed by atoms with van der Waals surface area (Å²) in [4.78, 5) is 8.10. The molecule has 0 spiro atoms. The second-order valence-corrected chi connectivity index (χ2v) is 2.63. The first-order chi connectivity index (χ1) is 6.38. The summed E-state index contributed by atoms with van der Waals surface area (Å²) in [5.41, 5.74) is 3.51. The lowest BCUT2D eigenvalue weighted by atomic mass is 10.1. The van der Waals surface area contributed by atoms with Crippen LogP contribution in [0.4, 0.5) is 0 Å². The van der Waals surface area contributed by atoms with Gasteiger partial charge in [-0.1, -0.05) is 0 Å². The van der Waals surface area contributed by atoms with E-state index in [-0.39, 0.29) is 6.04 Å². The van der Waals surface area contributed by atoms with Gasteiger partial charge in [-0.15, -0.1) is 0 Å². The Kier molecular flexibility index (Phi) is 4.31. The summed E-state index contributed by atoms with van der Waals surface area (Å²) in [5, 5.41) is 0. The molecule has 0 bridgehead atoms. The van der Waals surface area contributed by atoms with Crippen LogP contribution in [0.15, 0.2) is 18.6 Å². The molecule has 0 aliphatic carbocycles. The fraction of sp³-hybridized carbons (Fsp3) is 0.500. The molecule has 0 aliphatic rings. The third-order valence-electron chi connectivity index (χ3n) is 1.75. The minimum Gasteiger partial charge on any atom is -0.385 e. The summed E-state index contributed by atoms with van der Waals surface area (Å²) < 4.78 is 4.95. The van der Waals surface area contributed by atoms with E-state index in [0.29, 0.717) is 6.61 Å². The maximum Gasteiger partial charge on any atom is 0.0770 e. The highest BCUT2D eigenvalue weighted by Crippen LogP contribution is 2.10. The summed E-state index contributed by atoms with van der Waals surface area (Å²) >= 11 is 0. The first-order valence-electron chi connectivity index (χ1n) is 4.09. The summed E-state index contributed by atoms with van der Waals surface area (Å²) in [6.07, 6.45) is 5.76. The number of ether oxygens (including phenoxy) is 1. The Bertz CT molecular complexity index is 229. The molecule has 72 valence electrons. The molecule has 3 N–H and O–H groups in total. The molecule has 1 atom stereocenters. The monoisotopic (exact) mass is 182 g/mol. The number of methoxy groups -OCH3 is 1. The fourth-order valence-corrected chi connectivity index (χ4v) is 1.04. The molecule has 5 nitrogen and oxygen atoms in total. The Morgan fingerprint density at radius 1 is 1.62 bits per heavy atom. The third kappa shape index (κ3) is 3.06. The van der Waals surface area contributed by atoms with E-state index in [0.717, 1.165) is 12.1 Å². The molecule has 0 fully saturated rings. The number of hydrogen-bond donors (Lipinski definition) is 2. The van der Waals surface area contributed by atoms with Gasteiger partial charge in [0, 0.05) is 26.1 Å². The first kappa shape index (κ1) is 10.0. The van der Waals surface area contributed by atoms with E-state index < -0.39 is 0 Å². The van der Waals surface area contributed by atoms with Crippen molar-refractivity contribution >= 4 is 0 Å². The lowest BCUT2D eigenvalue weighted by Crippen LogP contribution is -2.29. The van der Waals surface area contributed by atoms with E-state index in [9.17, 15) is 0 Å². The summed E-state index contributed by atoms with van der Waals surface area (Å²) in [6, 6.07) is 0.00801. The van der Waals surface area contributed by atoms with Gasteiger partial charge in [-0.25, -0.2) is 0 Å². The molecule has 0 amide bonds. The predicted octanol–water partition coefficient (Wildman–Crippen LogP) is 0.0175. The fourth-order valence-electron chi connectivity index (χ4n) is 1.04. The van der Waals surface area contributed by atoms with Crippen molar-refractivity contribution in [2.45, 2.75) is 12.5 Å². The maximum atomic E-state index is 5.37. The minimum absolute atomic E-state index is 0.00801. The number of rotatable bonds is 5. The van der Waals surface area contributed by atoms with Crippen molar-refractivity contribution in [3.8, 4) is 0 Å². The number of nitrogens with zero attached hydrogens (tertiary/aromatic N) is 2. The van der Waals surface area contributed by atoms with Crippen LogP contribution in [0.1, 0.15) is 18.2 Å². The number of hydrogen-bond acceptors (Lipinski definition) is 5. The smallest absolute Gasteiger partial charge is 0.0770 e. The first-order valence-corrected chi connectivity index (χ1v) is 4.09. The third-order valence-corrected chi connectivity index (χ3v) is 1.75. The average Bonchev–Trinajstić information content (AvgIpc) is 2.21. The molecule has 0 saturated carbocycles. The molecule has 0 aliphatic heterocycles. The van der Waals surface area contributed by atoms with Crippen LogP contribution in [0.5, 0.6) is 0 Å². The molecule has 1 aromatic rings.